The summed E-state index contributed by atoms with van der Waals surface area (Å²) in [5, 5.41) is 5.37. The summed E-state index contributed by atoms with van der Waals surface area (Å²) in [5.74, 6) is -2.00. The van der Waals surface area contributed by atoms with Gasteiger partial charge in [0.05, 0.1) is 5.02 Å². The first-order chi connectivity index (χ1) is 9.44. The van der Waals surface area contributed by atoms with Crippen molar-refractivity contribution in [3.63, 3.8) is 0 Å². The molecular weight excluding hydrogens is 309 g/mol. The largest absolute Gasteiger partial charge is 0.332 e. The van der Waals surface area contributed by atoms with E-state index in [1.807, 2.05) is 0 Å². The molecule has 0 spiro atoms. The molecule has 2 aromatic carbocycles. The van der Waals surface area contributed by atoms with Gasteiger partial charge >= 0.3 is 0 Å². The molecule has 0 aromatic heterocycles. The predicted octanol–water partition coefficient (Wildman–Crippen LogP) is 4.57. The first-order valence-corrected chi connectivity index (χ1v) is 6.22. The summed E-state index contributed by atoms with van der Waals surface area (Å²) in [6.07, 6.45) is 0. The van der Waals surface area contributed by atoms with Gasteiger partial charge in [0.2, 0.25) is 0 Å². The zero-order chi connectivity index (χ0) is 14.7. The number of hydrogen-bond donors (Lipinski definition) is 2. The molecule has 2 N–H and O–H groups in total. The molecule has 104 valence electrons. The lowest BCUT2D eigenvalue weighted by Gasteiger charge is -2.11. The molecule has 0 aliphatic carbocycles. The van der Waals surface area contributed by atoms with Crippen molar-refractivity contribution in [2.75, 3.05) is 10.6 Å². The molecule has 0 aliphatic rings. The van der Waals surface area contributed by atoms with Crippen LogP contribution in [0.2, 0.25) is 5.02 Å². The number of nitrogens with one attached hydrogen (secondary N) is 2. The highest BCUT2D eigenvalue weighted by atomic mass is 35.5. The Bertz CT molecular complexity index is 644. The first kappa shape index (κ1) is 14.6. The van der Waals surface area contributed by atoms with Crippen molar-refractivity contribution in [3.05, 3.63) is 58.9 Å². The van der Waals surface area contributed by atoms with E-state index >= 15 is 0 Å². The maximum Gasteiger partial charge on any atom is 0.175 e. The molecule has 0 unspecified atom stereocenters. The molecule has 0 saturated heterocycles. The van der Waals surface area contributed by atoms with Crippen LogP contribution in [0.15, 0.2) is 36.4 Å². The average molecular weight is 317 g/mol. The van der Waals surface area contributed by atoms with Crippen molar-refractivity contribution in [3.8, 4) is 0 Å². The zero-order valence-corrected chi connectivity index (χ0v) is 11.5. The molecule has 0 atom stereocenters. The Kier molecular flexibility index (Phi) is 4.46. The Morgan fingerprint density at radius 2 is 1.50 bits per heavy atom. The molecule has 0 saturated carbocycles. The van der Waals surface area contributed by atoms with E-state index in [-0.39, 0.29) is 15.8 Å². The van der Waals surface area contributed by atoms with Gasteiger partial charge in [-0.1, -0.05) is 11.6 Å². The van der Waals surface area contributed by atoms with Crippen LogP contribution in [0.3, 0.4) is 0 Å². The molecular formula is C13H8ClF3N2S. The first-order valence-electron chi connectivity index (χ1n) is 5.43. The standard InChI is InChI=1S/C13H8ClF3N2S/c14-11-6-9(1-2-12(11)17)18-13(20)19-10-4-7(15)3-8(16)5-10/h1-6H,(H2,18,19,20). The van der Waals surface area contributed by atoms with E-state index in [0.717, 1.165) is 18.2 Å². The molecule has 2 aromatic rings. The van der Waals surface area contributed by atoms with Crippen molar-refractivity contribution >= 4 is 40.3 Å². The van der Waals surface area contributed by atoms with Crippen LogP contribution >= 0.6 is 23.8 Å². The highest BCUT2D eigenvalue weighted by Gasteiger charge is 2.05. The quantitative estimate of drug-likeness (QED) is 0.794. The van der Waals surface area contributed by atoms with Crippen molar-refractivity contribution in [2.45, 2.75) is 0 Å². The molecule has 7 heteroatoms. The van der Waals surface area contributed by atoms with Crippen LogP contribution in [-0.4, -0.2) is 5.11 Å². The van der Waals surface area contributed by atoms with Crippen LogP contribution in [0.25, 0.3) is 0 Å². The minimum atomic E-state index is -0.722. The number of halogens is 4. The van der Waals surface area contributed by atoms with Gasteiger partial charge < -0.3 is 10.6 Å². The number of thiocarbonyl (C=S) groups is 1. The number of rotatable bonds is 2. The Balaban J connectivity index is 2.06. The normalized spacial score (nSPS) is 10.2. The van der Waals surface area contributed by atoms with Crippen LogP contribution in [0.4, 0.5) is 24.5 Å². The van der Waals surface area contributed by atoms with Gasteiger partial charge in [0, 0.05) is 17.4 Å². The molecule has 0 aliphatic heterocycles. The second-order valence-electron chi connectivity index (χ2n) is 3.87. The van der Waals surface area contributed by atoms with Crippen LogP contribution < -0.4 is 10.6 Å². The van der Waals surface area contributed by atoms with Gasteiger partial charge in [-0.2, -0.15) is 0 Å². The van der Waals surface area contributed by atoms with E-state index in [0.29, 0.717) is 5.69 Å². The van der Waals surface area contributed by atoms with Crippen molar-refractivity contribution in [1.29, 1.82) is 0 Å². The van der Waals surface area contributed by atoms with Crippen molar-refractivity contribution < 1.29 is 13.2 Å². The van der Waals surface area contributed by atoms with E-state index in [4.69, 9.17) is 23.8 Å². The maximum absolute atomic E-state index is 13.0. The minimum Gasteiger partial charge on any atom is -0.332 e. The molecule has 2 nitrogen and oxygen atoms in total. The van der Waals surface area contributed by atoms with Crippen LogP contribution in [0, 0.1) is 17.5 Å². The summed E-state index contributed by atoms with van der Waals surface area (Å²) >= 11 is 10.6. The topological polar surface area (TPSA) is 24.1 Å². The monoisotopic (exact) mass is 316 g/mol. The van der Waals surface area contributed by atoms with E-state index in [1.54, 1.807) is 0 Å². The Morgan fingerprint density at radius 3 is 2.10 bits per heavy atom. The lowest BCUT2D eigenvalue weighted by Crippen LogP contribution is -2.19. The molecule has 2 rings (SSSR count). The molecule has 0 bridgehead atoms. The van der Waals surface area contributed by atoms with Crippen LogP contribution in [0.5, 0.6) is 0 Å². The fraction of sp³-hybridized carbons (Fsp3) is 0. The third kappa shape index (κ3) is 3.85. The van der Waals surface area contributed by atoms with Gasteiger partial charge in [0.1, 0.15) is 17.5 Å². The fourth-order valence-electron chi connectivity index (χ4n) is 1.49. The van der Waals surface area contributed by atoms with E-state index in [2.05, 4.69) is 10.6 Å². The van der Waals surface area contributed by atoms with E-state index < -0.39 is 17.5 Å². The van der Waals surface area contributed by atoms with Crippen molar-refractivity contribution in [2.24, 2.45) is 0 Å². The summed E-state index contributed by atoms with van der Waals surface area (Å²) in [6, 6.07) is 6.89. The third-order valence-corrected chi connectivity index (χ3v) is 2.79. The highest BCUT2D eigenvalue weighted by molar-refractivity contribution is 7.80. The number of anilines is 2. The smallest absolute Gasteiger partial charge is 0.175 e. The molecule has 0 amide bonds. The average Bonchev–Trinajstić information content (AvgIpc) is 2.32. The molecule has 0 heterocycles. The second kappa shape index (κ2) is 6.11. The highest BCUT2D eigenvalue weighted by Crippen LogP contribution is 2.20. The van der Waals surface area contributed by atoms with Crippen LogP contribution in [0.1, 0.15) is 0 Å². The summed E-state index contributed by atoms with van der Waals surface area (Å²) in [5.41, 5.74) is 0.610. The molecule has 0 fully saturated rings. The van der Waals surface area contributed by atoms with Crippen LogP contribution in [-0.2, 0) is 0 Å². The van der Waals surface area contributed by atoms with E-state index in [1.165, 1.54) is 18.2 Å². The third-order valence-electron chi connectivity index (χ3n) is 2.30. The van der Waals surface area contributed by atoms with Gasteiger partial charge in [0.25, 0.3) is 0 Å². The lowest BCUT2D eigenvalue weighted by molar-refractivity contribution is 0.584. The van der Waals surface area contributed by atoms with E-state index in [9.17, 15) is 13.2 Å². The second-order valence-corrected chi connectivity index (χ2v) is 4.68. The summed E-state index contributed by atoms with van der Waals surface area (Å²) in [4.78, 5) is 0. The van der Waals surface area contributed by atoms with Crippen molar-refractivity contribution in [1.82, 2.24) is 0 Å². The predicted molar refractivity (Wildman–Crippen MR) is 77.6 cm³/mol. The molecule has 20 heavy (non-hydrogen) atoms. The summed E-state index contributed by atoms with van der Waals surface area (Å²) < 4.78 is 39.0. The summed E-state index contributed by atoms with van der Waals surface area (Å²) in [7, 11) is 0. The minimum absolute atomic E-state index is 0.0606. The SMILES string of the molecule is Fc1cc(F)cc(NC(=S)Nc2ccc(F)c(Cl)c2)c1. The number of hydrogen-bond acceptors (Lipinski definition) is 1. The van der Waals surface area contributed by atoms with Gasteiger partial charge in [-0.25, -0.2) is 13.2 Å². The Hall–Kier alpha value is -1.79. The molecule has 0 radical (unpaired) electrons. The van der Waals surface area contributed by atoms with Gasteiger partial charge in [-0.15, -0.1) is 0 Å². The van der Waals surface area contributed by atoms with Gasteiger partial charge in [0.15, 0.2) is 5.11 Å². The van der Waals surface area contributed by atoms with Gasteiger partial charge in [-0.3, -0.25) is 0 Å². The summed E-state index contributed by atoms with van der Waals surface area (Å²) in [6.45, 7) is 0. The fourth-order valence-corrected chi connectivity index (χ4v) is 1.91. The number of benzene rings is 2. The Morgan fingerprint density at radius 1 is 0.900 bits per heavy atom. The van der Waals surface area contributed by atoms with Gasteiger partial charge in [-0.05, 0) is 42.5 Å². The lowest BCUT2D eigenvalue weighted by atomic mass is 10.3. The zero-order valence-electron chi connectivity index (χ0n) is 9.88. The maximum atomic E-state index is 13.0. The Labute approximate surface area is 123 Å².